The third-order valence-corrected chi connectivity index (χ3v) is 4.61. The van der Waals surface area contributed by atoms with Gasteiger partial charge in [-0.3, -0.25) is 14.7 Å². The van der Waals surface area contributed by atoms with E-state index >= 15 is 0 Å². The van der Waals surface area contributed by atoms with E-state index in [0.29, 0.717) is 6.54 Å². The van der Waals surface area contributed by atoms with Crippen LogP contribution in [0.25, 0.3) is 0 Å². The van der Waals surface area contributed by atoms with Crippen LogP contribution >= 0.6 is 0 Å². The maximum Gasteiger partial charge on any atom is 0.228 e. The van der Waals surface area contributed by atoms with Gasteiger partial charge < -0.3 is 10.2 Å². The highest BCUT2D eigenvalue weighted by atomic mass is 16.2. The molecule has 1 unspecified atom stereocenters. The van der Waals surface area contributed by atoms with Crippen LogP contribution in [0.4, 0.5) is 5.69 Å². The van der Waals surface area contributed by atoms with E-state index in [-0.39, 0.29) is 23.1 Å². The second kappa shape index (κ2) is 5.16. The summed E-state index contributed by atoms with van der Waals surface area (Å²) < 4.78 is 0. The number of hydrogen-bond acceptors (Lipinski definition) is 3. The number of anilines is 1. The van der Waals surface area contributed by atoms with Crippen molar-refractivity contribution >= 4 is 17.5 Å². The monoisotopic (exact) mass is 290 g/mol. The molecule has 21 heavy (non-hydrogen) atoms. The van der Waals surface area contributed by atoms with E-state index in [4.69, 9.17) is 0 Å². The molecule has 0 aromatic carbocycles. The Labute approximate surface area is 124 Å². The van der Waals surface area contributed by atoms with Gasteiger partial charge in [0.15, 0.2) is 0 Å². The first kappa shape index (κ1) is 14.1. The van der Waals surface area contributed by atoms with Crippen molar-refractivity contribution in [3.8, 4) is 0 Å². The van der Waals surface area contributed by atoms with Crippen molar-refractivity contribution in [1.29, 1.82) is 0 Å². The first-order valence-corrected chi connectivity index (χ1v) is 7.60. The molecule has 1 saturated heterocycles. The van der Waals surface area contributed by atoms with Crippen molar-refractivity contribution in [2.45, 2.75) is 45.4 Å². The number of carbonyl (C=O) groups is 2. The van der Waals surface area contributed by atoms with Gasteiger partial charge in [0.05, 0.1) is 17.6 Å². The van der Waals surface area contributed by atoms with Crippen LogP contribution in [0.15, 0.2) is 6.20 Å². The molecule has 6 nitrogen and oxygen atoms in total. The fourth-order valence-corrected chi connectivity index (χ4v) is 3.08. The van der Waals surface area contributed by atoms with E-state index in [1.54, 1.807) is 6.20 Å². The minimum Gasteiger partial charge on any atom is -0.342 e. The van der Waals surface area contributed by atoms with Crippen LogP contribution in [-0.2, 0) is 9.59 Å². The first-order valence-electron chi connectivity index (χ1n) is 7.60. The number of amides is 2. The molecule has 6 heteroatoms. The highest BCUT2D eigenvalue weighted by Crippen LogP contribution is 2.47. The average Bonchev–Trinajstić information content (AvgIpc) is 3.04. The van der Waals surface area contributed by atoms with E-state index in [1.165, 1.54) is 6.92 Å². The lowest BCUT2D eigenvalue weighted by atomic mass is 9.92. The highest BCUT2D eigenvalue weighted by Gasteiger charge is 2.47. The van der Waals surface area contributed by atoms with Crippen LogP contribution < -0.4 is 5.32 Å². The molecule has 2 fully saturated rings. The van der Waals surface area contributed by atoms with E-state index in [2.05, 4.69) is 22.4 Å². The quantitative estimate of drug-likeness (QED) is 0.892. The van der Waals surface area contributed by atoms with Crippen LogP contribution in [0.1, 0.15) is 51.1 Å². The summed E-state index contributed by atoms with van der Waals surface area (Å²) >= 11 is 0. The Morgan fingerprint density at radius 1 is 1.48 bits per heavy atom. The Morgan fingerprint density at radius 3 is 2.90 bits per heavy atom. The number of piperidine rings is 1. The summed E-state index contributed by atoms with van der Waals surface area (Å²) in [5, 5.41) is 9.83. The summed E-state index contributed by atoms with van der Waals surface area (Å²) in [5.41, 5.74) is 1.55. The Hall–Kier alpha value is -1.85. The Kier molecular flexibility index (Phi) is 3.47. The zero-order valence-corrected chi connectivity index (χ0v) is 12.6. The summed E-state index contributed by atoms with van der Waals surface area (Å²) in [5.74, 6) is 0.397. The van der Waals surface area contributed by atoms with Gasteiger partial charge in [-0.05, 0) is 25.7 Å². The zero-order chi connectivity index (χ0) is 15.0. The fourth-order valence-electron chi connectivity index (χ4n) is 3.08. The molecule has 1 aromatic heterocycles. The molecule has 1 aliphatic carbocycles. The van der Waals surface area contributed by atoms with Crippen LogP contribution in [0, 0.1) is 5.41 Å². The molecule has 2 amide bonds. The number of H-pyrrole nitrogens is 1. The Morgan fingerprint density at radius 2 is 2.24 bits per heavy atom. The minimum absolute atomic E-state index is 0.105. The van der Waals surface area contributed by atoms with Crippen molar-refractivity contribution in [2.24, 2.45) is 5.41 Å². The molecule has 1 saturated carbocycles. The lowest BCUT2D eigenvalue weighted by molar-refractivity contribution is -0.137. The number of carbonyl (C=O) groups excluding carboxylic acids is 2. The van der Waals surface area contributed by atoms with Gasteiger partial charge in [-0.15, -0.1) is 0 Å². The first-order chi connectivity index (χ1) is 9.99. The number of aromatic nitrogens is 2. The van der Waals surface area contributed by atoms with E-state index < -0.39 is 0 Å². The van der Waals surface area contributed by atoms with Gasteiger partial charge in [0.1, 0.15) is 0 Å². The molecule has 3 rings (SSSR count). The molecular weight excluding hydrogens is 268 g/mol. The summed E-state index contributed by atoms with van der Waals surface area (Å²) in [6, 6.07) is 0. The van der Waals surface area contributed by atoms with Crippen LogP contribution in [0.2, 0.25) is 0 Å². The number of aromatic amines is 1. The molecule has 1 aromatic rings. The van der Waals surface area contributed by atoms with Crippen LogP contribution in [-0.4, -0.2) is 40.0 Å². The third-order valence-electron chi connectivity index (χ3n) is 4.61. The molecule has 1 atom stereocenters. The van der Waals surface area contributed by atoms with Crippen LogP contribution in [0.5, 0.6) is 0 Å². The van der Waals surface area contributed by atoms with E-state index in [1.807, 2.05) is 4.90 Å². The number of rotatable bonds is 3. The summed E-state index contributed by atoms with van der Waals surface area (Å²) in [4.78, 5) is 25.7. The predicted octanol–water partition coefficient (Wildman–Crippen LogP) is 1.87. The van der Waals surface area contributed by atoms with Crippen molar-refractivity contribution in [3.05, 3.63) is 11.9 Å². The number of nitrogens with one attached hydrogen (secondary N) is 2. The number of likely N-dealkylation sites (tertiary alicyclic amines) is 1. The second-order valence-electron chi connectivity index (χ2n) is 6.53. The van der Waals surface area contributed by atoms with Gasteiger partial charge in [0.25, 0.3) is 0 Å². The van der Waals surface area contributed by atoms with Crippen molar-refractivity contribution in [3.63, 3.8) is 0 Å². The van der Waals surface area contributed by atoms with E-state index in [9.17, 15) is 9.59 Å². The van der Waals surface area contributed by atoms with Gasteiger partial charge in [0.2, 0.25) is 11.8 Å². The van der Waals surface area contributed by atoms with Crippen molar-refractivity contribution < 1.29 is 9.59 Å². The zero-order valence-electron chi connectivity index (χ0n) is 12.6. The molecule has 2 N–H and O–H groups in total. The number of hydrogen-bond donors (Lipinski definition) is 2. The van der Waals surface area contributed by atoms with Crippen molar-refractivity contribution in [2.75, 3.05) is 18.4 Å². The molecule has 2 aliphatic rings. The SMILES string of the molecule is CC(=O)Nc1cn[nH]c1C1CCCN(C(=O)C2(C)CC2)C1. The van der Waals surface area contributed by atoms with Gasteiger partial charge in [-0.1, -0.05) is 6.92 Å². The van der Waals surface area contributed by atoms with Gasteiger partial charge in [-0.2, -0.15) is 5.10 Å². The molecule has 0 spiro atoms. The molecule has 114 valence electrons. The summed E-state index contributed by atoms with van der Waals surface area (Å²) in [6.45, 7) is 5.09. The minimum atomic E-state index is -0.115. The second-order valence-corrected chi connectivity index (χ2v) is 6.53. The van der Waals surface area contributed by atoms with Gasteiger partial charge in [0, 0.05) is 31.3 Å². The maximum atomic E-state index is 12.5. The van der Waals surface area contributed by atoms with Crippen molar-refractivity contribution in [1.82, 2.24) is 15.1 Å². The lowest BCUT2D eigenvalue weighted by Crippen LogP contribution is -2.42. The Balaban J connectivity index is 1.73. The molecule has 2 heterocycles. The highest BCUT2D eigenvalue weighted by molar-refractivity contribution is 5.89. The topological polar surface area (TPSA) is 78.1 Å². The van der Waals surface area contributed by atoms with E-state index in [0.717, 1.165) is 43.6 Å². The summed E-state index contributed by atoms with van der Waals surface area (Å²) in [7, 11) is 0. The van der Waals surface area contributed by atoms with Gasteiger partial charge >= 0.3 is 0 Å². The molecular formula is C15H22N4O2. The average molecular weight is 290 g/mol. The Bertz CT molecular complexity index is 562. The fraction of sp³-hybridized carbons (Fsp3) is 0.667. The number of nitrogens with zero attached hydrogens (tertiary/aromatic N) is 2. The van der Waals surface area contributed by atoms with Gasteiger partial charge in [-0.25, -0.2) is 0 Å². The predicted molar refractivity (Wildman–Crippen MR) is 78.8 cm³/mol. The summed E-state index contributed by atoms with van der Waals surface area (Å²) in [6.07, 6.45) is 5.66. The lowest BCUT2D eigenvalue weighted by Gasteiger charge is -2.34. The standard InChI is InChI=1S/C15H22N4O2/c1-10(20)17-12-8-16-18-13(12)11-4-3-7-19(9-11)14(21)15(2)5-6-15/h8,11H,3-7,9H2,1-2H3,(H,16,18)(H,17,20). The third kappa shape index (κ3) is 2.80. The normalized spacial score (nSPS) is 23.7. The molecule has 0 bridgehead atoms. The smallest absolute Gasteiger partial charge is 0.228 e. The molecule has 0 radical (unpaired) electrons. The maximum absolute atomic E-state index is 12.5. The largest absolute Gasteiger partial charge is 0.342 e. The van der Waals surface area contributed by atoms with Crippen LogP contribution in [0.3, 0.4) is 0 Å². The molecule has 1 aliphatic heterocycles.